The van der Waals surface area contributed by atoms with E-state index >= 15 is 0 Å². The molecule has 1 amide bonds. The van der Waals surface area contributed by atoms with Crippen molar-refractivity contribution in [3.63, 3.8) is 0 Å². The van der Waals surface area contributed by atoms with Gasteiger partial charge in [0.2, 0.25) is 0 Å². The number of alkyl halides is 3. The van der Waals surface area contributed by atoms with Crippen LogP contribution in [0.2, 0.25) is 0 Å². The Morgan fingerprint density at radius 2 is 1.82 bits per heavy atom. The van der Waals surface area contributed by atoms with Crippen LogP contribution in [0.5, 0.6) is 0 Å². The molecule has 1 N–H and O–H groups in total. The molecule has 3 aromatic rings. The molecular weight excluding hydrogens is 612 g/mol. The number of sulfonamides is 1. The van der Waals surface area contributed by atoms with Crippen molar-refractivity contribution < 1.29 is 31.1 Å². The summed E-state index contributed by atoms with van der Waals surface area (Å²) in [6.45, 7) is 1.07. The van der Waals surface area contributed by atoms with Crippen molar-refractivity contribution in [3.05, 3.63) is 65.5 Å². The number of aromatic nitrogens is 3. The normalized spacial score (nSPS) is 12.1. The number of nitrogens with one attached hydrogen (secondary N) is 1. The van der Waals surface area contributed by atoms with E-state index in [2.05, 4.69) is 20.3 Å². The number of amides is 1. The van der Waals surface area contributed by atoms with Crippen molar-refractivity contribution in [2.24, 2.45) is 0 Å². The summed E-state index contributed by atoms with van der Waals surface area (Å²) >= 11 is -1.54. The molecule has 0 bridgehead atoms. The molecule has 15 heteroatoms. The summed E-state index contributed by atoms with van der Waals surface area (Å²) in [6, 6.07) is 9.70. The number of hydrogen-bond acceptors (Lipinski definition) is 8. The van der Waals surface area contributed by atoms with E-state index in [4.69, 9.17) is 4.74 Å². The molecular formula is C25H30AsF3N6O4S. The molecule has 1 unspecified atom stereocenters. The first-order chi connectivity index (χ1) is 18.8. The van der Waals surface area contributed by atoms with Crippen LogP contribution in [-0.4, -0.2) is 90.5 Å². The topological polar surface area (TPSA) is 118 Å². The zero-order valence-corrected chi connectivity index (χ0v) is 25.3. The van der Waals surface area contributed by atoms with Gasteiger partial charge >= 0.3 is 220 Å². The SMILES string of the molecule is COCCCN(C)C(=O)c1ccc(Nc2ncc(C(F)(F)F)c([AsH]Cc3cccnc3N(C)S(C)(=O)=O)n2)cc1. The molecule has 10 nitrogen and oxygen atoms in total. The standard InChI is InChI=1S/C25H30AsF3N6O4S/c1-34(13-6-14-39-3)23(36)17-8-10-19(11-9-17)32-24-31-16-20(25(27,28)29)21(33-24)26-15-18-7-5-12-30-22(18)35(2)40(4,37)38/h5,7-12,16,26H,6,13-15H2,1-4H3,(H,31,32,33). The number of ether oxygens (including phenoxy) is 1. The summed E-state index contributed by atoms with van der Waals surface area (Å²) < 4.78 is 71.1. The van der Waals surface area contributed by atoms with Crippen molar-refractivity contribution >= 4 is 53.6 Å². The van der Waals surface area contributed by atoms with Crippen LogP contribution in [0.1, 0.15) is 27.9 Å². The van der Waals surface area contributed by atoms with E-state index in [0.29, 0.717) is 36.4 Å². The summed E-state index contributed by atoms with van der Waals surface area (Å²) in [5.74, 6) is -0.0340. The van der Waals surface area contributed by atoms with E-state index in [0.717, 1.165) is 16.8 Å². The molecule has 0 aliphatic carbocycles. The molecule has 40 heavy (non-hydrogen) atoms. The van der Waals surface area contributed by atoms with Gasteiger partial charge in [0.1, 0.15) is 0 Å². The molecule has 0 aliphatic heterocycles. The number of hydrogen-bond donors (Lipinski definition) is 1. The summed E-state index contributed by atoms with van der Waals surface area (Å²) in [7, 11) is 1.01. The Hall–Kier alpha value is -3.22. The molecule has 0 spiro atoms. The zero-order chi connectivity index (χ0) is 29.5. The Bertz CT molecular complexity index is 1420. The second-order valence-corrected chi connectivity index (χ2v) is 13.3. The molecule has 216 valence electrons. The van der Waals surface area contributed by atoms with Crippen molar-refractivity contribution in [1.29, 1.82) is 0 Å². The summed E-state index contributed by atoms with van der Waals surface area (Å²) in [5.41, 5.74) is 0.521. The fourth-order valence-corrected chi connectivity index (χ4v) is 6.59. The Morgan fingerprint density at radius 3 is 2.45 bits per heavy atom. The van der Waals surface area contributed by atoms with Gasteiger partial charge in [-0.2, -0.15) is 0 Å². The van der Waals surface area contributed by atoms with Crippen molar-refractivity contribution in [3.8, 4) is 0 Å². The molecule has 1 atom stereocenters. The van der Waals surface area contributed by atoms with E-state index < -0.39 is 37.5 Å². The maximum atomic E-state index is 13.8. The van der Waals surface area contributed by atoms with Crippen LogP contribution in [-0.2, 0) is 26.1 Å². The zero-order valence-electron chi connectivity index (χ0n) is 22.4. The molecule has 0 fully saturated rings. The van der Waals surface area contributed by atoms with Gasteiger partial charge in [-0.05, 0) is 0 Å². The molecule has 2 heterocycles. The molecule has 0 radical (unpaired) electrons. The Balaban J connectivity index is 1.79. The first-order valence-corrected chi connectivity index (χ1v) is 16.4. The fourth-order valence-electron chi connectivity index (χ4n) is 3.57. The number of rotatable bonds is 12. The van der Waals surface area contributed by atoms with Gasteiger partial charge < -0.3 is 4.74 Å². The van der Waals surface area contributed by atoms with Crippen LogP contribution in [0, 0.1) is 0 Å². The van der Waals surface area contributed by atoms with E-state index in [9.17, 15) is 26.4 Å². The first kappa shape index (κ1) is 31.3. The number of carbonyl (C=O) groups is 1. The monoisotopic (exact) mass is 642 g/mol. The number of methoxy groups -OCH3 is 1. The van der Waals surface area contributed by atoms with Crippen LogP contribution >= 0.6 is 0 Å². The maximum absolute atomic E-state index is 13.8. The summed E-state index contributed by atoms with van der Waals surface area (Å²) in [4.78, 5) is 26.3. The Morgan fingerprint density at radius 1 is 1.12 bits per heavy atom. The molecule has 2 aromatic heterocycles. The van der Waals surface area contributed by atoms with Crippen molar-refractivity contribution in [2.75, 3.05) is 50.2 Å². The van der Waals surface area contributed by atoms with Crippen LogP contribution in [0.3, 0.4) is 0 Å². The van der Waals surface area contributed by atoms with Crippen LogP contribution in [0.25, 0.3) is 0 Å². The average Bonchev–Trinajstić information content (AvgIpc) is 2.90. The Labute approximate surface area is 237 Å². The molecule has 3 rings (SSSR count). The second-order valence-electron chi connectivity index (χ2n) is 8.80. The number of halogens is 3. The van der Waals surface area contributed by atoms with E-state index in [1.807, 2.05) is 0 Å². The number of anilines is 3. The van der Waals surface area contributed by atoms with Gasteiger partial charge in [-0.1, -0.05) is 0 Å². The van der Waals surface area contributed by atoms with Gasteiger partial charge in [-0.3, -0.25) is 0 Å². The predicted molar refractivity (Wildman–Crippen MR) is 148 cm³/mol. The van der Waals surface area contributed by atoms with Crippen LogP contribution in [0.15, 0.2) is 48.8 Å². The predicted octanol–water partition coefficient (Wildman–Crippen LogP) is 2.40. The molecule has 0 saturated carbocycles. The third-order valence-electron chi connectivity index (χ3n) is 5.78. The van der Waals surface area contributed by atoms with E-state index in [1.54, 1.807) is 55.5 Å². The summed E-state index contributed by atoms with van der Waals surface area (Å²) in [5, 5.41) is 3.07. The summed E-state index contributed by atoms with van der Waals surface area (Å²) in [6.07, 6.45) is -0.766. The van der Waals surface area contributed by atoms with Crippen molar-refractivity contribution in [2.45, 2.75) is 17.8 Å². The third kappa shape index (κ3) is 8.39. The van der Waals surface area contributed by atoms with Gasteiger partial charge in [-0.25, -0.2) is 0 Å². The van der Waals surface area contributed by atoms with Crippen LogP contribution < -0.4 is 14.1 Å². The second kappa shape index (κ2) is 13.4. The van der Waals surface area contributed by atoms with Crippen LogP contribution in [0.4, 0.5) is 30.6 Å². The number of nitrogens with zero attached hydrogens (tertiary/aromatic N) is 5. The Kier molecular flexibility index (Phi) is 10.5. The minimum absolute atomic E-state index is 0.0258. The van der Waals surface area contributed by atoms with E-state index in [1.165, 1.54) is 13.2 Å². The van der Waals surface area contributed by atoms with Gasteiger partial charge in [0, 0.05) is 13.7 Å². The number of pyridine rings is 1. The quantitative estimate of drug-likeness (QED) is 0.237. The fraction of sp³-hybridized carbons (Fsp3) is 0.360. The molecule has 0 aliphatic rings. The average molecular weight is 643 g/mol. The van der Waals surface area contributed by atoms with Gasteiger partial charge in [-0.15, -0.1) is 0 Å². The molecule has 0 saturated heterocycles. The van der Waals surface area contributed by atoms with E-state index in [-0.39, 0.29) is 27.4 Å². The molecule has 1 aromatic carbocycles. The number of benzene rings is 1. The van der Waals surface area contributed by atoms with Gasteiger partial charge in [0.25, 0.3) is 0 Å². The minimum atomic E-state index is -4.66. The third-order valence-corrected chi connectivity index (χ3v) is 9.62. The van der Waals surface area contributed by atoms with Gasteiger partial charge in [0.05, 0.1) is 0 Å². The van der Waals surface area contributed by atoms with Gasteiger partial charge in [0.15, 0.2) is 0 Å². The number of carbonyl (C=O) groups excluding carboxylic acids is 1. The first-order valence-electron chi connectivity index (χ1n) is 12.0. The van der Waals surface area contributed by atoms with Crippen molar-refractivity contribution in [1.82, 2.24) is 19.9 Å².